The number of hydrogen-bond acceptors (Lipinski definition) is 4. The average Bonchev–Trinajstić information content (AvgIpc) is 2.68. The van der Waals surface area contributed by atoms with E-state index in [1.165, 1.54) is 11.8 Å². The van der Waals surface area contributed by atoms with Crippen molar-refractivity contribution >= 4 is 45.2 Å². The minimum atomic E-state index is -0.326. The molecule has 1 atom stereocenters. The molecule has 0 fully saturated rings. The molecule has 0 radical (unpaired) electrons. The molecule has 0 aromatic heterocycles. The summed E-state index contributed by atoms with van der Waals surface area (Å²) in [5.74, 6) is -0.571. The van der Waals surface area contributed by atoms with Crippen LogP contribution in [-0.4, -0.2) is 17.6 Å². The van der Waals surface area contributed by atoms with Crippen LogP contribution in [0.4, 0.5) is 5.69 Å². The lowest BCUT2D eigenvalue weighted by Gasteiger charge is -2.25. The summed E-state index contributed by atoms with van der Waals surface area (Å²) in [5, 5.41) is 15.9. The first kappa shape index (κ1) is 22.1. The number of nitrogens with zero attached hydrogens (tertiary/aromatic N) is 1. The van der Waals surface area contributed by atoms with Crippen LogP contribution in [0.15, 0.2) is 51.5 Å². The number of benzene rings is 2. The molecule has 1 aliphatic heterocycles. The van der Waals surface area contributed by atoms with E-state index in [0.29, 0.717) is 10.6 Å². The lowest BCUT2D eigenvalue weighted by Crippen LogP contribution is -2.31. The second-order valence-electron chi connectivity index (χ2n) is 7.33. The first-order chi connectivity index (χ1) is 14.3. The number of rotatable bonds is 5. The van der Waals surface area contributed by atoms with Crippen LogP contribution < -0.4 is 10.6 Å². The van der Waals surface area contributed by atoms with Gasteiger partial charge in [-0.15, -0.1) is 0 Å². The number of carbonyl (C=O) groups is 2. The number of nitriles is 1. The summed E-state index contributed by atoms with van der Waals surface area (Å²) in [7, 11) is 0. The third-order valence-corrected chi connectivity index (χ3v) is 6.41. The van der Waals surface area contributed by atoms with Gasteiger partial charge >= 0.3 is 0 Å². The van der Waals surface area contributed by atoms with Gasteiger partial charge in [0.05, 0.1) is 22.4 Å². The van der Waals surface area contributed by atoms with E-state index in [1.807, 2.05) is 57.2 Å². The summed E-state index contributed by atoms with van der Waals surface area (Å²) in [4.78, 5) is 24.8. The summed E-state index contributed by atoms with van der Waals surface area (Å²) in [6.45, 7) is 5.94. The largest absolute Gasteiger partial charge is 0.325 e. The highest BCUT2D eigenvalue weighted by molar-refractivity contribution is 9.10. The van der Waals surface area contributed by atoms with E-state index in [1.54, 1.807) is 0 Å². The maximum atomic E-state index is 12.6. The monoisotopic (exact) mass is 483 g/mol. The fourth-order valence-electron chi connectivity index (χ4n) is 3.63. The Balaban J connectivity index is 1.78. The van der Waals surface area contributed by atoms with Crippen molar-refractivity contribution in [2.75, 3.05) is 11.1 Å². The quantitative estimate of drug-likeness (QED) is 0.620. The molecule has 0 spiro atoms. The zero-order valence-corrected chi connectivity index (χ0v) is 19.4. The predicted molar refractivity (Wildman–Crippen MR) is 124 cm³/mol. The minimum absolute atomic E-state index is 0.0960. The van der Waals surface area contributed by atoms with Crippen molar-refractivity contribution in [3.05, 3.63) is 73.7 Å². The molecule has 2 N–H and O–H groups in total. The molecule has 2 amide bonds. The van der Waals surface area contributed by atoms with Gasteiger partial charge in [0.2, 0.25) is 11.8 Å². The Hall–Kier alpha value is -2.56. The van der Waals surface area contributed by atoms with E-state index in [2.05, 4.69) is 32.6 Å². The van der Waals surface area contributed by atoms with Crippen LogP contribution in [0.25, 0.3) is 0 Å². The Morgan fingerprint density at radius 3 is 2.60 bits per heavy atom. The number of thioether (sulfide) groups is 1. The number of allylic oxidation sites excluding steroid dienone is 1. The van der Waals surface area contributed by atoms with Crippen molar-refractivity contribution in [1.82, 2.24) is 5.32 Å². The summed E-state index contributed by atoms with van der Waals surface area (Å²) in [6, 6.07) is 13.9. The molecule has 0 saturated heterocycles. The molecule has 0 aliphatic carbocycles. The number of hydrogen-bond donors (Lipinski definition) is 2. The third-order valence-electron chi connectivity index (χ3n) is 4.90. The van der Waals surface area contributed by atoms with Crippen molar-refractivity contribution in [2.24, 2.45) is 0 Å². The number of halogens is 1. The lowest BCUT2D eigenvalue weighted by molar-refractivity contribution is -0.121. The first-order valence-corrected chi connectivity index (χ1v) is 11.3. The van der Waals surface area contributed by atoms with E-state index in [9.17, 15) is 14.9 Å². The van der Waals surface area contributed by atoms with Crippen molar-refractivity contribution in [3.8, 4) is 6.07 Å². The van der Waals surface area contributed by atoms with Gasteiger partial charge in [-0.2, -0.15) is 5.26 Å². The standard InChI is InChI=1S/C23H22BrN3O2S/c1-13-7-14(2)22(15(3)8-13)26-21(29)12-30-23-19(11-25)18(10-20(28)27-23)16-5-4-6-17(24)9-16/h4-9,18H,10,12H2,1-3H3,(H,26,29)(H,27,28)/t18-/m0/s1. The van der Waals surface area contributed by atoms with Gasteiger partial charge in [-0.05, 0) is 49.6 Å². The summed E-state index contributed by atoms with van der Waals surface area (Å²) in [5.41, 5.74) is 5.33. The van der Waals surface area contributed by atoms with Gasteiger partial charge < -0.3 is 10.6 Å². The van der Waals surface area contributed by atoms with Gasteiger partial charge in [-0.1, -0.05) is 57.5 Å². The van der Waals surface area contributed by atoms with Gasteiger partial charge in [-0.3, -0.25) is 9.59 Å². The van der Waals surface area contributed by atoms with Crippen molar-refractivity contribution < 1.29 is 9.59 Å². The summed E-state index contributed by atoms with van der Waals surface area (Å²) < 4.78 is 0.890. The van der Waals surface area contributed by atoms with Crippen LogP contribution in [0, 0.1) is 32.1 Å². The normalized spacial score (nSPS) is 16.1. The van der Waals surface area contributed by atoms with E-state index < -0.39 is 0 Å². The zero-order chi connectivity index (χ0) is 21.8. The molecule has 5 nitrogen and oxygen atoms in total. The maximum absolute atomic E-state index is 12.6. The zero-order valence-electron chi connectivity index (χ0n) is 17.0. The van der Waals surface area contributed by atoms with Crippen LogP contribution in [0.1, 0.15) is 34.6 Å². The van der Waals surface area contributed by atoms with Gasteiger partial charge in [0, 0.05) is 22.5 Å². The van der Waals surface area contributed by atoms with Crippen molar-refractivity contribution in [3.63, 3.8) is 0 Å². The molecule has 1 aliphatic rings. The van der Waals surface area contributed by atoms with Crippen molar-refractivity contribution in [2.45, 2.75) is 33.1 Å². The molecule has 1 heterocycles. The van der Waals surface area contributed by atoms with Crippen LogP contribution in [0.2, 0.25) is 0 Å². The highest BCUT2D eigenvalue weighted by Crippen LogP contribution is 2.36. The highest BCUT2D eigenvalue weighted by Gasteiger charge is 2.30. The Morgan fingerprint density at radius 1 is 1.27 bits per heavy atom. The molecule has 0 saturated carbocycles. The Kier molecular flexibility index (Phi) is 7.01. The third kappa shape index (κ3) is 5.13. The Morgan fingerprint density at radius 2 is 1.97 bits per heavy atom. The van der Waals surface area contributed by atoms with E-state index in [-0.39, 0.29) is 29.9 Å². The number of amides is 2. The molecule has 30 heavy (non-hydrogen) atoms. The van der Waals surface area contributed by atoms with Gasteiger partial charge in [-0.25, -0.2) is 0 Å². The van der Waals surface area contributed by atoms with Gasteiger partial charge in [0.1, 0.15) is 0 Å². The van der Waals surface area contributed by atoms with Crippen LogP contribution in [-0.2, 0) is 9.59 Å². The fraction of sp³-hybridized carbons (Fsp3) is 0.261. The SMILES string of the molecule is Cc1cc(C)c(NC(=O)CSC2=C(C#N)[C@H](c3cccc(Br)c3)CC(=O)N2)c(C)c1. The van der Waals surface area contributed by atoms with Crippen molar-refractivity contribution in [1.29, 1.82) is 5.26 Å². The van der Waals surface area contributed by atoms with Gasteiger partial charge in [0.25, 0.3) is 0 Å². The maximum Gasteiger partial charge on any atom is 0.234 e. The Labute approximate surface area is 189 Å². The predicted octanol–water partition coefficient (Wildman–Crippen LogP) is 5.08. The molecule has 3 rings (SSSR count). The molecule has 7 heteroatoms. The second-order valence-corrected chi connectivity index (χ2v) is 9.23. The summed E-state index contributed by atoms with van der Waals surface area (Å²) in [6.07, 6.45) is 0.206. The minimum Gasteiger partial charge on any atom is -0.325 e. The summed E-state index contributed by atoms with van der Waals surface area (Å²) >= 11 is 4.62. The average molecular weight is 484 g/mol. The lowest BCUT2D eigenvalue weighted by atomic mass is 9.87. The number of carbonyl (C=O) groups excluding carboxylic acids is 2. The molecule has 154 valence electrons. The second kappa shape index (κ2) is 9.50. The molecular formula is C23H22BrN3O2S. The number of nitrogens with one attached hydrogen (secondary N) is 2. The molecule has 2 aromatic rings. The van der Waals surface area contributed by atoms with Crippen LogP contribution >= 0.6 is 27.7 Å². The fourth-order valence-corrected chi connectivity index (χ4v) is 4.93. The molecule has 0 unspecified atom stereocenters. The van der Waals surface area contributed by atoms with Crippen LogP contribution in [0.3, 0.4) is 0 Å². The molecular weight excluding hydrogens is 462 g/mol. The highest BCUT2D eigenvalue weighted by atomic mass is 79.9. The first-order valence-electron chi connectivity index (χ1n) is 9.48. The van der Waals surface area contributed by atoms with E-state index >= 15 is 0 Å². The number of aryl methyl sites for hydroxylation is 3. The molecule has 0 bridgehead atoms. The molecule has 2 aromatic carbocycles. The van der Waals surface area contributed by atoms with E-state index in [0.717, 1.165) is 32.4 Å². The smallest absolute Gasteiger partial charge is 0.234 e. The van der Waals surface area contributed by atoms with E-state index in [4.69, 9.17) is 0 Å². The van der Waals surface area contributed by atoms with Gasteiger partial charge in [0.15, 0.2) is 0 Å². The van der Waals surface area contributed by atoms with Crippen LogP contribution in [0.5, 0.6) is 0 Å². The number of anilines is 1. The Bertz CT molecular complexity index is 1070. The topological polar surface area (TPSA) is 82.0 Å².